The van der Waals surface area contributed by atoms with Crippen molar-refractivity contribution in [3.8, 4) is 0 Å². The third-order valence-electron chi connectivity index (χ3n) is 2.05. The molecule has 1 atom stereocenters. The molecule has 1 aromatic carbocycles. The van der Waals surface area contributed by atoms with Gasteiger partial charge in [-0.2, -0.15) is 0 Å². The van der Waals surface area contributed by atoms with Crippen molar-refractivity contribution in [1.29, 1.82) is 0 Å². The molecule has 0 aromatic heterocycles. The van der Waals surface area contributed by atoms with Crippen molar-refractivity contribution in [2.24, 2.45) is 5.73 Å². The van der Waals surface area contributed by atoms with E-state index in [0.717, 1.165) is 4.47 Å². The SMILES string of the molecule is CN(C(=O)C(O)CN)c1ccccc1Br. The summed E-state index contributed by atoms with van der Waals surface area (Å²) in [5, 5.41) is 9.32. The molecule has 0 fully saturated rings. The molecule has 0 aliphatic carbocycles. The van der Waals surface area contributed by atoms with Crippen molar-refractivity contribution in [2.45, 2.75) is 6.10 Å². The number of aliphatic hydroxyl groups excluding tert-OH is 1. The minimum atomic E-state index is -1.15. The summed E-state index contributed by atoms with van der Waals surface area (Å²) in [6, 6.07) is 7.28. The average Bonchev–Trinajstić information content (AvgIpc) is 2.26. The van der Waals surface area contributed by atoms with E-state index in [9.17, 15) is 9.90 Å². The van der Waals surface area contributed by atoms with Gasteiger partial charge in [-0.1, -0.05) is 12.1 Å². The second kappa shape index (κ2) is 5.25. The zero-order valence-corrected chi connectivity index (χ0v) is 9.94. The predicted octanol–water partition coefficient (Wildman–Crippen LogP) is 0.731. The van der Waals surface area contributed by atoms with E-state index in [1.165, 1.54) is 4.90 Å². The zero-order valence-electron chi connectivity index (χ0n) is 8.35. The van der Waals surface area contributed by atoms with Crippen LogP contribution >= 0.6 is 15.9 Å². The number of nitrogens with zero attached hydrogens (tertiary/aromatic N) is 1. The molecule has 1 unspecified atom stereocenters. The second-order valence-corrected chi connectivity index (χ2v) is 3.95. The lowest BCUT2D eigenvalue weighted by Crippen LogP contribution is -2.40. The maximum Gasteiger partial charge on any atom is 0.256 e. The van der Waals surface area contributed by atoms with Crippen molar-refractivity contribution in [1.82, 2.24) is 0 Å². The van der Waals surface area contributed by atoms with Crippen LogP contribution in [0.2, 0.25) is 0 Å². The molecule has 3 N–H and O–H groups in total. The molecule has 0 bridgehead atoms. The molecule has 0 spiro atoms. The van der Waals surface area contributed by atoms with Gasteiger partial charge in [0.05, 0.1) is 5.69 Å². The van der Waals surface area contributed by atoms with Gasteiger partial charge in [0.25, 0.3) is 5.91 Å². The third-order valence-corrected chi connectivity index (χ3v) is 2.72. The van der Waals surface area contributed by atoms with Gasteiger partial charge in [-0.15, -0.1) is 0 Å². The molecule has 0 saturated carbocycles. The van der Waals surface area contributed by atoms with Gasteiger partial charge in [-0.05, 0) is 28.1 Å². The van der Waals surface area contributed by atoms with E-state index in [1.54, 1.807) is 13.1 Å². The number of carbonyl (C=O) groups is 1. The zero-order chi connectivity index (χ0) is 11.4. The number of benzene rings is 1. The van der Waals surface area contributed by atoms with Crippen LogP contribution in [0.4, 0.5) is 5.69 Å². The number of likely N-dealkylation sites (N-methyl/N-ethyl adjacent to an activating group) is 1. The van der Waals surface area contributed by atoms with Gasteiger partial charge < -0.3 is 15.7 Å². The molecular weight excluding hydrogens is 260 g/mol. The summed E-state index contributed by atoms with van der Waals surface area (Å²) < 4.78 is 0.796. The van der Waals surface area contributed by atoms with Crippen molar-refractivity contribution < 1.29 is 9.90 Å². The summed E-state index contributed by atoms with van der Waals surface area (Å²) in [6.07, 6.45) is -1.15. The topological polar surface area (TPSA) is 66.6 Å². The van der Waals surface area contributed by atoms with E-state index in [2.05, 4.69) is 15.9 Å². The van der Waals surface area contributed by atoms with Crippen LogP contribution in [0.5, 0.6) is 0 Å². The molecule has 82 valence electrons. The van der Waals surface area contributed by atoms with Gasteiger partial charge in [-0.25, -0.2) is 0 Å². The lowest BCUT2D eigenvalue weighted by molar-refractivity contribution is -0.125. The number of hydrogen-bond donors (Lipinski definition) is 2. The molecule has 0 aliphatic rings. The number of halogens is 1. The Morgan fingerprint density at radius 1 is 1.60 bits per heavy atom. The van der Waals surface area contributed by atoms with Crippen molar-refractivity contribution in [3.63, 3.8) is 0 Å². The standard InChI is InChI=1S/C10H13BrN2O2/c1-13(10(15)9(14)6-12)8-5-3-2-4-7(8)11/h2-5,9,14H,6,12H2,1H3. The highest BCUT2D eigenvalue weighted by Gasteiger charge is 2.19. The number of amides is 1. The Hall–Kier alpha value is -0.910. The first-order valence-corrected chi connectivity index (χ1v) is 5.27. The molecule has 0 saturated heterocycles. The highest BCUT2D eigenvalue weighted by atomic mass is 79.9. The molecule has 4 nitrogen and oxygen atoms in total. The normalized spacial score (nSPS) is 12.3. The fourth-order valence-corrected chi connectivity index (χ4v) is 1.72. The fraction of sp³-hybridized carbons (Fsp3) is 0.300. The van der Waals surface area contributed by atoms with Gasteiger partial charge in [0.2, 0.25) is 0 Å². The molecule has 0 aliphatic heterocycles. The van der Waals surface area contributed by atoms with Crippen LogP contribution in [0.3, 0.4) is 0 Å². The maximum absolute atomic E-state index is 11.6. The van der Waals surface area contributed by atoms with Crippen LogP contribution < -0.4 is 10.6 Å². The Bertz CT molecular complexity index is 357. The van der Waals surface area contributed by atoms with Crippen LogP contribution in [-0.2, 0) is 4.79 Å². The van der Waals surface area contributed by atoms with Crippen LogP contribution in [0.15, 0.2) is 28.7 Å². The molecule has 1 rings (SSSR count). The summed E-state index contributed by atoms with van der Waals surface area (Å²) in [6.45, 7) is -0.0758. The lowest BCUT2D eigenvalue weighted by atomic mass is 10.2. The van der Waals surface area contributed by atoms with E-state index in [-0.39, 0.29) is 6.54 Å². The molecular formula is C10H13BrN2O2. The first-order chi connectivity index (χ1) is 7.07. The molecule has 1 amide bonds. The van der Waals surface area contributed by atoms with Gasteiger partial charge in [0.1, 0.15) is 6.10 Å². The summed E-state index contributed by atoms with van der Waals surface area (Å²) in [5.41, 5.74) is 5.92. The van der Waals surface area contributed by atoms with Gasteiger partial charge in [0, 0.05) is 18.1 Å². The molecule has 15 heavy (non-hydrogen) atoms. The number of rotatable bonds is 3. The van der Waals surface area contributed by atoms with Crippen LogP contribution in [-0.4, -0.2) is 30.7 Å². The number of aliphatic hydroxyl groups is 1. The van der Waals surface area contributed by atoms with Crippen molar-refractivity contribution in [3.05, 3.63) is 28.7 Å². The van der Waals surface area contributed by atoms with Crippen molar-refractivity contribution >= 4 is 27.5 Å². The molecule has 5 heteroatoms. The molecule has 1 aromatic rings. The Balaban J connectivity index is 2.90. The van der Waals surface area contributed by atoms with E-state index in [1.807, 2.05) is 18.2 Å². The third kappa shape index (κ3) is 2.77. The quantitative estimate of drug-likeness (QED) is 0.853. The lowest BCUT2D eigenvalue weighted by Gasteiger charge is -2.21. The number of nitrogens with two attached hydrogens (primary N) is 1. The van der Waals surface area contributed by atoms with Crippen LogP contribution in [0.25, 0.3) is 0 Å². The Labute approximate surface area is 96.8 Å². The highest BCUT2D eigenvalue weighted by Crippen LogP contribution is 2.24. The predicted molar refractivity (Wildman–Crippen MR) is 62.6 cm³/mol. The largest absolute Gasteiger partial charge is 0.382 e. The number of para-hydroxylation sites is 1. The first kappa shape index (κ1) is 12.2. The second-order valence-electron chi connectivity index (χ2n) is 3.10. The monoisotopic (exact) mass is 272 g/mol. The molecule has 0 heterocycles. The van der Waals surface area contributed by atoms with Gasteiger partial charge >= 0.3 is 0 Å². The number of carbonyl (C=O) groups excluding carboxylic acids is 1. The smallest absolute Gasteiger partial charge is 0.256 e. The Morgan fingerprint density at radius 2 is 2.20 bits per heavy atom. The average molecular weight is 273 g/mol. The maximum atomic E-state index is 11.6. The number of hydrogen-bond acceptors (Lipinski definition) is 3. The summed E-state index contributed by atoms with van der Waals surface area (Å²) in [4.78, 5) is 13.0. The minimum absolute atomic E-state index is 0.0758. The van der Waals surface area contributed by atoms with E-state index in [0.29, 0.717) is 5.69 Å². The first-order valence-electron chi connectivity index (χ1n) is 4.48. The van der Waals surface area contributed by atoms with Crippen molar-refractivity contribution in [2.75, 3.05) is 18.5 Å². The Kier molecular flexibility index (Phi) is 4.26. The van der Waals surface area contributed by atoms with E-state index < -0.39 is 12.0 Å². The highest BCUT2D eigenvalue weighted by molar-refractivity contribution is 9.10. The van der Waals surface area contributed by atoms with E-state index in [4.69, 9.17) is 5.73 Å². The fourth-order valence-electron chi connectivity index (χ4n) is 1.17. The minimum Gasteiger partial charge on any atom is -0.382 e. The van der Waals surface area contributed by atoms with E-state index >= 15 is 0 Å². The summed E-state index contributed by atoms with van der Waals surface area (Å²) in [7, 11) is 1.60. The number of anilines is 1. The summed E-state index contributed by atoms with van der Waals surface area (Å²) in [5.74, 6) is -0.413. The Morgan fingerprint density at radius 3 is 2.73 bits per heavy atom. The van der Waals surface area contributed by atoms with Gasteiger partial charge in [0.15, 0.2) is 0 Å². The van der Waals surface area contributed by atoms with Gasteiger partial charge in [-0.3, -0.25) is 4.79 Å². The van der Waals surface area contributed by atoms with Crippen LogP contribution in [0.1, 0.15) is 0 Å². The van der Waals surface area contributed by atoms with Crippen LogP contribution in [0, 0.1) is 0 Å². The molecule has 0 radical (unpaired) electrons. The summed E-state index contributed by atoms with van der Waals surface area (Å²) >= 11 is 3.33.